The summed E-state index contributed by atoms with van der Waals surface area (Å²) in [6.07, 6.45) is 9.84. The number of fused-ring (bicyclic) bond motifs is 1. The molecule has 2 aromatic carbocycles. The van der Waals surface area contributed by atoms with E-state index in [1.807, 2.05) is 82.3 Å². The molecule has 2 aromatic rings. The van der Waals surface area contributed by atoms with E-state index in [1.165, 1.54) is 37.7 Å². The van der Waals surface area contributed by atoms with Crippen molar-refractivity contribution in [3.05, 3.63) is 72.3 Å². The molecule has 6 rings (SSSR count). The number of rotatable bonds is 5. The molecule has 1 saturated carbocycles. The van der Waals surface area contributed by atoms with E-state index in [9.17, 15) is 14.4 Å². The standard InChI is InChI=1S/C33H39N3O4/c1-31(2,3)35-29(38)27-33-20-19-32(4,40-33)25(28(37)34-23-13-9-6-10-14-23)26(33)30(39)36(27)24-17-15-22(16-18-24)21-11-7-5-8-12-21/h6,9-10,13-21,25-27H,5,7-8,11-12H2,1-4H3,(H,34,37)(H,35,38)/t25-,26+,27-,32+,33+/m1/s1. The second-order valence-corrected chi connectivity index (χ2v) is 13.1. The molecule has 1 aliphatic carbocycles. The van der Waals surface area contributed by atoms with Gasteiger partial charge in [-0.1, -0.05) is 61.7 Å². The number of nitrogens with one attached hydrogen (secondary N) is 2. The number of nitrogens with zero attached hydrogens (tertiary/aromatic N) is 1. The van der Waals surface area contributed by atoms with Gasteiger partial charge in [0, 0.05) is 16.9 Å². The van der Waals surface area contributed by atoms with Crippen molar-refractivity contribution in [2.24, 2.45) is 11.8 Å². The highest BCUT2D eigenvalue weighted by Crippen LogP contribution is 2.60. The molecular formula is C33H39N3O4. The molecule has 210 valence electrons. The van der Waals surface area contributed by atoms with E-state index < -0.39 is 34.6 Å². The summed E-state index contributed by atoms with van der Waals surface area (Å²) in [5, 5.41) is 6.06. The van der Waals surface area contributed by atoms with Gasteiger partial charge in [0.05, 0.1) is 17.4 Å². The Balaban J connectivity index is 1.38. The lowest BCUT2D eigenvalue weighted by molar-refractivity contribution is -0.131. The average Bonchev–Trinajstić information content (AvgIpc) is 3.49. The van der Waals surface area contributed by atoms with Crippen molar-refractivity contribution in [3.63, 3.8) is 0 Å². The fourth-order valence-corrected chi connectivity index (χ4v) is 7.33. The number of anilines is 2. The first-order chi connectivity index (χ1) is 19.0. The molecule has 2 saturated heterocycles. The normalized spacial score (nSPS) is 31.4. The van der Waals surface area contributed by atoms with Crippen LogP contribution in [0.25, 0.3) is 0 Å². The predicted molar refractivity (Wildman–Crippen MR) is 155 cm³/mol. The lowest BCUT2D eigenvalue weighted by Crippen LogP contribution is -2.58. The quantitative estimate of drug-likeness (QED) is 0.501. The van der Waals surface area contributed by atoms with Crippen molar-refractivity contribution >= 4 is 29.1 Å². The molecule has 0 aromatic heterocycles. The molecule has 2 N–H and O–H groups in total. The third-order valence-corrected chi connectivity index (χ3v) is 9.02. The zero-order valence-electron chi connectivity index (χ0n) is 23.8. The van der Waals surface area contributed by atoms with E-state index in [1.54, 1.807) is 4.90 Å². The minimum absolute atomic E-state index is 0.263. The molecule has 3 amide bonds. The van der Waals surface area contributed by atoms with Crippen LogP contribution >= 0.6 is 0 Å². The van der Waals surface area contributed by atoms with Crippen molar-refractivity contribution in [2.75, 3.05) is 10.2 Å². The van der Waals surface area contributed by atoms with Crippen molar-refractivity contribution in [1.82, 2.24) is 5.32 Å². The molecule has 3 heterocycles. The van der Waals surface area contributed by atoms with Gasteiger partial charge in [0.15, 0.2) is 0 Å². The van der Waals surface area contributed by atoms with Crippen LogP contribution in [0.3, 0.4) is 0 Å². The predicted octanol–water partition coefficient (Wildman–Crippen LogP) is 5.33. The van der Waals surface area contributed by atoms with Gasteiger partial charge < -0.3 is 15.4 Å². The monoisotopic (exact) mass is 541 g/mol. The summed E-state index contributed by atoms with van der Waals surface area (Å²) in [6.45, 7) is 7.59. The van der Waals surface area contributed by atoms with Crippen LogP contribution in [0.2, 0.25) is 0 Å². The molecule has 3 fully saturated rings. The summed E-state index contributed by atoms with van der Waals surface area (Å²) in [5.74, 6) is -1.94. The number of ether oxygens (including phenoxy) is 1. The Bertz CT molecular complexity index is 1340. The van der Waals surface area contributed by atoms with E-state index >= 15 is 0 Å². The number of amides is 3. The first-order valence-corrected chi connectivity index (χ1v) is 14.5. The van der Waals surface area contributed by atoms with E-state index in [2.05, 4.69) is 22.8 Å². The van der Waals surface area contributed by atoms with E-state index in [0.29, 0.717) is 17.3 Å². The summed E-state index contributed by atoms with van der Waals surface area (Å²) in [5.41, 5.74) is -0.193. The molecule has 0 unspecified atom stereocenters. The number of para-hydroxylation sites is 1. The second kappa shape index (κ2) is 9.58. The zero-order valence-corrected chi connectivity index (χ0v) is 23.8. The highest BCUT2D eigenvalue weighted by atomic mass is 16.5. The SMILES string of the molecule is CC(C)(C)NC(=O)[C@H]1N(c2ccc(C3CCCCC3)cc2)C(=O)[C@@H]2[C@H](C(=O)Nc3ccccc3)[C@]3(C)C=C[C@]21O3. The smallest absolute Gasteiger partial charge is 0.246 e. The molecule has 7 heteroatoms. The van der Waals surface area contributed by atoms with Gasteiger partial charge in [-0.3, -0.25) is 19.3 Å². The molecule has 2 bridgehead atoms. The van der Waals surface area contributed by atoms with Crippen LogP contribution in [0, 0.1) is 11.8 Å². The lowest BCUT2D eigenvalue weighted by atomic mass is 9.70. The summed E-state index contributed by atoms with van der Waals surface area (Å²) in [6, 6.07) is 16.4. The maximum Gasteiger partial charge on any atom is 0.246 e. The first-order valence-electron chi connectivity index (χ1n) is 14.5. The Kier molecular flexibility index (Phi) is 6.41. The number of carbonyl (C=O) groups is 3. The average molecular weight is 542 g/mol. The molecule has 3 aliphatic heterocycles. The maximum absolute atomic E-state index is 14.4. The third kappa shape index (κ3) is 4.35. The summed E-state index contributed by atoms with van der Waals surface area (Å²) in [7, 11) is 0. The number of carbonyl (C=O) groups excluding carboxylic acids is 3. The molecule has 7 nitrogen and oxygen atoms in total. The lowest BCUT2D eigenvalue weighted by Gasteiger charge is -2.35. The molecule has 5 atom stereocenters. The Morgan fingerprint density at radius 3 is 2.25 bits per heavy atom. The maximum atomic E-state index is 14.4. The molecule has 4 aliphatic rings. The van der Waals surface area contributed by atoms with Gasteiger partial charge in [0.2, 0.25) is 17.7 Å². The minimum atomic E-state index is -1.25. The van der Waals surface area contributed by atoms with Crippen LogP contribution in [0.4, 0.5) is 11.4 Å². The van der Waals surface area contributed by atoms with Crippen LogP contribution in [0.1, 0.15) is 71.3 Å². The molecule has 1 spiro atoms. The zero-order chi connectivity index (χ0) is 28.3. The van der Waals surface area contributed by atoms with Gasteiger partial charge in [0.25, 0.3) is 0 Å². The Labute approximate surface area is 236 Å². The van der Waals surface area contributed by atoms with Crippen LogP contribution in [-0.2, 0) is 19.1 Å². The highest BCUT2D eigenvalue weighted by Gasteiger charge is 2.76. The highest BCUT2D eigenvalue weighted by molar-refractivity contribution is 6.11. The fraction of sp³-hybridized carbons (Fsp3) is 0.485. The Morgan fingerprint density at radius 1 is 0.925 bits per heavy atom. The molecular weight excluding hydrogens is 502 g/mol. The Morgan fingerprint density at radius 2 is 1.60 bits per heavy atom. The topological polar surface area (TPSA) is 87.7 Å². The summed E-state index contributed by atoms with van der Waals surface area (Å²) < 4.78 is 6.64. The van der Waals surface area contributed by atoms with E-state index in [-0.39, 0.29) is 17.7 Å². The van der Waals surface area contributed by atoms with Gasteiger partial charge in [-0.25, -0.2) is 0 Å². The number of benzene rings is 2. The first kappa shape index (κ1) is 26.8. The Hall–Kier alpha value is -3.45. The van der Waals surface area contributed by atoms with Crippen molar-refractivity contribution in [1.29, 1.82) is 0 Å². The van der Waals surface area contributed by atoms with Gasteiger partial charge in [-0.05, 0) is 76.3 Å². The van der Waals surface area contributed by atoms with Crippen LogP contribution in [0.5, 0.6) is 0 Å². The van der Waals surface area contributed by atoms with Gasteiger partial charge in [-0.2, -0.15) is 0 Å². The van der Waals surface area contributed by atoms with Crippen LogP contribution in [0.15, 0.2) is 66.7 Å². The van der Waals surface area contributed by atoms with Crippen molar-refractivity contribution in [3.8, 4) is 0 Å². The van der Waals surface area contributed by atoms with E-state index in [0.717, 1.165) is 0 Å². The molecule has 40 heavy (non-hydrogen) atoms. The van der Waals surface area contributed by atoms with Crippen LogP contribution in [-0.4, -0.2) is 40.5 Å². The van der Waals surface area contributed by atoms with Gasteiger partial charge >= 0.3 is 0 Å². The van der Waals surface area contributed by atoms with Gasteiger partial charge in [-0.15, -0.1) is 0 Å². The largest absolute Gasteiger partial charge is 0.356 e. The number of hydrogen-bond acceptors (Lipinski definition) is 4. The number of hydrogen-bond donors (Lipinski definition) is 2. The van der Waals surface area contributed by atoms with E-state index in [4.69, 9.17) is 4.74 Å². The second-order valence-electron chi connectivity index (χ2n) is 13.1. The fourth-order valence-electron chi connectivity index (χ4n) is 7.33. The minimum Gasteiger partial charge on any atom is -0.356 e. The molecule has 0 radical (unpaired) electrons. The van der Waals surface area contributed by atoms with Crippen molar-refractivity contribution < 1.29 is 19.1 Å². The summed E-state index contributed by atoms with van der Waals surface area (Å²) in [4.78, 5) is 43.7. The van der Waals surface area contributed by atoms with Gasteiger partial charge in [0.1, 0.15) is 11.6 Å². The van der Waals surface area contributed by atoms with Crippen molar-refractivity contribution in [2.45, 2.75) is 88.5 Å². The van der Waals surface area contributed by atoms with Crippen LogP contribution < -0.4 is 15.5 Å². The summed E-state index contributed by atoms with van der Waals surface area (Å²) >= 11 is 0. The third-order valence-electron chi connectivity index (χ3n) is 9.02.